The number of amides is 2. The molecule has 0 saturated carbocycles. The topological polar surface area (TPSA) is 91.5 Å². The van der Waals surface area contributed by atoms with Crippen molar-refractivity contribution in [2.45, 2.75) is 6.54 Å². The Bertz CT molecular complexity index is 751. The van der Waals surface area contributed by atoms with Crippen LogP contribution in [0, 0.1) is 0 Å². The van der Waals surface area contributed by atoms with Crippen LogP contribution >= 0.6 is 12.2 Å². The number of nitrogens with one attached hydrogen (secondary N) is 4. The summed E-state index contributed by atoms with van der Waals surface area (Å²) in [6.45, 7) is 0.332. The van der Waals surface area contributed by atoms with Crippen LogP contribution in [0.3, 0.4) is 0 Å². The SMILES string of the molecule is COc1ccc(CNC(=S)NNC(=O)CNC(=O)c2ccccc2)cc1. The second-order valence-corrected chi connectivity index (χ2v) is 5.66. The average Bonchev–Trinajstić information content (AvgIpc) is 2.69. The molecular weight excluding hydrogens is 352 g/mol. The van der Waals surface area contributed by atoms with Crippen LogP contribution < -0.4 is 26.2 Å². The zero-order valence-corrected chi connectivity index (χ0v) is 15.1. The monoisotopic (exact) mass is 372 g/mol. The normalized spacial score (nSPS) is 9.73. The Labute approximate surface area is 157 Å². The van der Waals surface area contributed by atoms with E-state index in [4.69, 9.17) is 17.0 Å². The van der Waals surface area contributed by atoms with Crippen molar-refractivity contribution >= 4 is 29.1 Å². The van der Waals surface area contributed by atoms with Crippen molar-refractivity contribution in [3.63, 3.8) is 0 Å². The first kappa shape index (κ1) is 19.2. The van der Waals surface area contributed by atoms with E-state index >= 15 is 0 Å². The quantitative estimate of drug-likeness (QED) is 0.449. The number of carbonyl (C=O) groups is 2. The van der Waals surface area contributed by atoms with Gasteiger partial charge in [0.05, 0.1) is 13.7 Å². The second kappa shape index (κ2) is 10.00. The number of thiocarbonyl (C=S) groups is 1. The summed E-state index contributed by atoms with van der Waals surface area (Å²) < 4.78 is 5.09. The molecule has 2 aromatic rings. The number of ether oxygens (including phenoxy) is 1. The molecule has 2 rings (SSSR count). The summed E-state index contributed by atoms with van der Waals surface area (Å²) in [5.74, 6) is 0.0445. The fourth-order valence-corrected chi connectivity index (χ4v) is 2.12. The zero-order valence-electron chi connectivity index (χ0n) is 14.2. The molecule has 2 aromatic carbocycles. The average molecular weight is 372 g/mol. The predicted molar refractivity (Wildman–Crippen MR) is 102 cm³/mol. The standard InChI is InChI=1S/C18H20N4O3S/c1-25-15-9-7-13(8-10-15)11-20-18(26)22-21-16(23)12-19-17(24)14-5-3-2-4-6-14/h2-10H,11-12H2,1H3,(H,19,24)(H,21,23)(H2,20,22,26). The minimum absolute atomic E-state index is 0.165. The van der Waals surface area contributed by atoms with Crippen LogP contribution in [-0.4, -0.2) is 30.6 Å². The fourth-order valence-electron chi connectivity index (χ4n) is 1.99. The Morgan fingerprint density at radius 2 is 1.65 bits per heavy atom. The van der Waals surface area contributed by atoms with Gasteiger partial charge in [0.15, 0.2) is 5.11 Å². The van der Waals surface area contributed by atoms with Crippen LogP contribution in [0.2, 0.25) is 0 Å². The van der Waals surface area contributed by atoms with Gasteiger partial charge >= 0.3 is 0 Å². The van der Waals surface area contributed by atoms with E-state index in [9.17, 15) is 9.59 Å². The summed E-state index contributed by atoms with van der Waals surface area (Å²) in [6, 6.07) is 16.2. The van der Waals surface area contributed by atoms with E-state index < -0.39 is 5.91 Å². The van der Waals surface area contributed by atoms with Gasteiger partial charge in [0.25, 0.3) is 11.8 Å². The van der Waals surface area contributed by atoms with Crippen molar-refractivity contribution < 1.29 is 14.3 Å². The highest BCUT2D eigenvalue weighted by molar-refractivity contribution is 7.80. The first-order valence-corrected chi connectivity index (χ1v) is 8.28. The van der Waals surface area contributed by atoms with Crippen LogP contribution in [-0.2, 0) is 11.3 Å². The van der Waals surface area contributed by atoms with Crippen molar-refractivity contribution in [1.82, 2.24) is 21.5 Å². The van der Waals surface area contributed by atoms with E-state index in [1.807, 2.05) is 30.3 Å². The van der Waals surface area contributed by atoms with Crippen LogP contribution in [0.4, 0.5) is 0 Å². The highest BCUT2D eigenvalue weighted by Gasteiger charge is 2.07. The molecule has 2 amide bonds. The molecule has 0 fully saturated rings. The molecular formula is C18H20N4O3S. The number of carbonyl (C=O) groups excluding carboxylic acids is 2. The van der Waals surface area contributed by atoms with Crippen molar-refractivity contribution in [1.29, 1.82) is 0 Å². The molecule has 0 radical (unpaired) electrons. The maximum atomic E-state index is 11.8. The molecule has 8 heteroatoms. The van der Waals surface area contributed by atoms with Crippen molar-refractivity contribution in [2.24, 2.45) is 0 Å². The molecule has 136 valence electrons. The lowest BCUT2D eigenvalue weighted by Crippen LogP contribution is -2.49. The van der Waals surface area contributed by atoms with E-state index in [0.717, 1.165) is 11.3 Å². The fraction of sp³-hybridized carbons (Fsp3) is 0.167. The minimum Gasteiger partial charge on any atom is -0.497 e. The molecule has 0 aliphatic carbocycles. The predicted octanol–water partition coefficient (Wildman–Crippen LogP) is 1.12. The van der Waals surface area contributed by atoms with Gasteiger partial charge in [-0.25, -0.2) is 0 Å². The summed E-state index contributed by atoms with van der Waals surface area (Å²) in [4.78, 5) is 23.6. The van der Waals surface area contributed by atoms with Crippen molar-refractivity contribution in [3.05, 3.63) is 65.7 Å². The van der Waals surface area contributed by atoms with Gasteiger partial charge in [0.2, 0.25) is 0 Å². The lowest BCUT2D eigenvalue weighted by molar-refractivity contribution is -0.120. The summed E-state index contributed by atoms with van der Waals surface area (Å²) in [5, 5.41) is 5.75. The van der Waals surface area contributed by atoms with Crippen LogP contribution in [0.1, 0.15) is 15.9 Å². The van der Waals surface area contributed by atoms with Gasteiger partial charge in [-0.05, 0) is 42.0 Å². The summed E-state index contributed by atoms with van der Waals surface area (Å²) in [5.41, 5.74) is 6.50. The van der Waals surface area contributed by atoms with Gasteiger partial charge in [0, 0.05) is 12.1 Å². The number of rotatable bonds is 6. The van der Waals surface area contributed by atoms with E-state index in [-0.39, 0.29) is 17.6 Å². The number of benzene rings is 2. The molecule has 0 aromatic heterocycles. The Balaban J connectivity index is 1.65. The maximum Gasteiger partial charge on any atom is 0.257 e. The molecule has 26 heavy (non-hydrogen) atoms. The minimum atomic E-state index is -0.414. The third-order valence-electron chi connectivity index (χ3n) is 3.37. The maximum absolute atomic E-state index is 11.8. The van der Waals surface area contributed by atoms with Gasteiger partial charge in [-0.2, -0.15) is 0 Å². The smallest absolute Gasteiger partial charge is 0.257 e. The van der Waals surface area contributed by atoms with Gasteiger partial charge < -0.3 is 15.4 Å². The zero-order chi connectivity index (χ0) is 18.8. The Morgan fingerprint density at radius 3 is 2.31 bits per heavy atom. The van der Waals surface area contributed by atoms with Crippen LogP contribution in [0.15, 0.2) is 54.6 Å². The lowest BCUT2D eigenvalue weighted by Gasteiger charge is -2.12. The van der Waals surface area contributed by atoms with Gasteiger partial charge in [-0.1, -0.05) is 30.3 Å². The summed E-state index contributed by atoms with van der Waals surface area (Å²) in [7, 11) is 1.61. The second-order valence-electron chi connectivity index (χ2n) is 5.25. The molecule has 7 nitrogen and oxygen atoms in total. The van der Waals surface area contributed by atoms with Crippen molar-refractivity contribution in [2.75, 3.05) is 13.7 Å². The highest BCUT2D eigenvalue weighted by atomic mass is 32.1. The van der Waals surface area contributed by atoms with E-state index in [0.29, 0.717) is 12.1 Å². The molecule has 0 unspecified atom stereocenters. The van der Waals surface area contributed by atoms with Gasteiger partial charge in [0.1, 0.15) is 5.75 Å². The molecule has 0 atom stereocenters. The molecule has 4 N–H and O–H groups in total. The highest BCUT2D eigenvalue weighted by Crippen LogP contribution is 2.10. The van der Waals surface area contributed by atoms with E-state index in [1.165, 1.54) is 0 Å². The summed E-state index contributed by atoms with van der Waals surface area (Å²) >= 11 is 5.08. The number of hydrazine groups is 1. The third kappa shape index (κ3) is 6.40. The van der Waals surface area contributed by atoms with E-state index in [1.54, 1.807) is 31.4 Å². The van der Waals surface area contributed by atoms with Gasteiger partial charge in [-0.3, -0.25) is 20.4 Å². The van der Waals surface area contributed by atoms with Crippen molar-refractivity contribution in [3.8, 4) is 5.75 Å². The van der Waals surface area contributed by atoms with E-state index in [2.05, 4.69) is 21.5 Å². The van der Waals surface area contributed by atoms with Crippen LogP contribution in [0.5, 0.6) is 5.75 Å². The lowest BCUT2D eigenvalue weighted by atomic mass is 10.2. The van der Waals surface area contributed by atoms with Crippen LogP contribution in [0.25, 0.3) is 0 Å². The largest absolute Gasteiger partial charge is 0.497 e. The molecule has 0 saturated heterocycles. The first-order valence-electron chi connectivity index (χ1n) is 7.87. The Hall–Kier alpha value is -3.13. The number of hydrogen-bond donors (Lipinski definition) is 4. The Kier molecular flexibility index (Phi) is 7.38. The van der Waals surface area contributed by atoms with Gasteiger partial charge in [-0.15, -0.1) is 0 Å². The molecule has 0 spiro atoms. The molecule has 0 bridgehead atoms. The number of hydrogen-bond acceptors (Lipinski definition) is 4. The molecule has 0 aliphatic heterocycles. The Morgan fingerprint density at radius 1 is 0.962 bits per heavy atom. The number of methoxy groups -OCH3 is 1. The molecule has 0 heterocycles. The summed E-state index contributed by atoms with van der Waals surface area (Å²) in [6.07, 6.45) is 0. The molecule has 0 aliphatic rings. The first-order chi connectivity index (χ1) is 12.6. The third-order valence-corrected chi connectivity index (χ3v) is 3.62.